The molecule has 1 fully saturated rings. The van der Waals surface area contributed by atoms with Gasteiger partial charge < -0.3 is 15.4 Å². The molecule has 4 heteroatoms. The maximum Gasteiger partial charge on any atom is 0.137 e. The van der Waals surface area contributed by atoms with Crippen LogP contribution in [0.5, 0.6) is 5.75 Å². The monoisotopic (exact) mass is 293 g/mol. The average molecular weight is 293 g/mol. The molecule has 4 rings (SSSR count). The van der Waals surface area contributed by atoms with Crippen LogP contribution in [0.3, 0.4) is 0 Å². The highest BCUT2D eigenvalue weighted by Gasteiger charge is 2.19. The van der Waals surface area contributed by atoms with Crippen LogP contribution in [0.4, 0.5) is 0 Å². The van der Waals surface area contributed by atoms with Crippen molar-refractivity contribution in [2.75, 3.05) is 13.1 Å². The van der Waals surface area contributed by atoms with Crippen LogP contribution in [0.25, 0.3) is 22.2 Å². The number of aromatic nitrogens is 2. The van der Waals surface area contributed by atoms with E-state index < -0.39 is 0 Å². The number of aromatic amines is 1. The zero-order chi connectivity index (χ0) is 14.9. The number of phenolic OH excluding ortho intramolecular Hbond substituents is 1. The van der Waals surface area contributed by atoms with Gasteiger partial charge in [-0.25, -0.2) is 4.98 Å². The smallest absolute Gasteiger partial charge is 0.137 e. The highest BCUT2D eigenvalue weighted by molar-refractivity contribution is 5.85. The maximum absolute atomic E-state index is 9.67. The first-order valence-electron chi connectivity index (χ1n) is 7.78. The largest absolute Gasteiger partial charge is 0.508 e. The molecule has 0 spiro atoms. The quantitative estimate of drug-likeness (QED) is 0.678. The van der Waals surface area contributed by atoms with Crippen molar-refractivity contribution in [1.29, 1.82) is 0 Å². The van der Waals surface area contributed by atoms with E-state index in [0.717, 1.165) is 29.9 Å². The minimum atomic E-state index is 0.281. The minimum Gasteiger partial charge on any atom is -0.508 e. The average Bonchev–Trinajstić information content (AvgIpc) is 2.99. The van der Waals surface area contributed by atoms with Crippen LogP contribution in [0.15, 0.2) is 42.7 Å². The zero-order valence-corrected chi connectivity index (χ0v) is 12.3. The molecule has 0 bridgehead atoms. The van der Waals surface area contributed by atoms with Gasteiger partial charge in [-0.2, -0.15) is 0 Å². The van der Waals surface area contributed by atoms with Crippen LogP contribution < -0.4 is 5.32 Å². The van der Waals surface area contributed by atoms with E-state index in [0.29, 0.717) is 5.92 Å². The Labute approximate surface area is 129 Å². The molecule has 1 aromatic carbocycles. The molecule has 3 N–H and O–H groups in total. The van der Waals surface area contributed by atoms with Crippen LogP contribution in [0.1, 0.15) is 24.3 Å². The summed E-state index contributed by atoms with van der Waals surface area (Å²) in [7, 11) is 0. The highest BCUT2D eigenvalue weighted by atomic mass is 16.3. The fraction of sp³-hybridized carbons (Fsp3) is 0.278. The van der Waals surface area contributed by atoms with Crippen molar-refractivity contribution in [3.63, 3.8) is 0 Å². The second-order valence-corrected chi connectivity index (χ2v) is 5.96. The van der Waals surface area contributed by atoms with Gasteiger partial charge in [-0.15, -0.1) is 0 Å². The Kier molecular flexibility index (Phi) is 3.31. The topological polar surface area (TPSA) is 60.9 Å². The summed E-state index contributed by atoms with van der Waals surface area (Å²) < 4.78 is 0. The third-order valence-corrected chi connectivity index (χ3v) is 4.48. The minimum absolute atomic E-state index is 0.281. The highest BCUT2D eigenvalue weighted by Crippen LogP contribution is 2.32. The predicted molar refractivity (Wildman–Crippen MR) is 88.0 cm³/mol. The molecule has 0 saturated carbocycles. The number of pyridine rings is 1. The van der Waals surface area contributed by atoms with E-state index in [2.05, 4.69) is 27.5 Å². The standard InChI is InChI=1S/C18H19N3O/c22-15-5-1-3-12(7-15)14-8-16-17(11-21-18(16)20-10-14)13-4-2-6-19-9-13/h1,3,5,7-8,10-11,13,19,22H,2,4,6,9H2,(H,20,21). The molecule has 2 aromatic heterocycles. The van der Waals surface area contributed by atoms with Crippen LogP contribution in [-0.4, -0.2) is 28.2 Å². The lowest BCUT2D eigenvalue weighted by molar-refractivity contribution is 0.463. The van der Waals surface area contributed by atoms with Crippen molar-refractivity contribution < 1.29 is 5.11 Å². The summed E-state index contributed by atoms with van der Waals surface area (Å²) in [4.78, 5) is 7.83. The molecule has 1 saturated heterocycles. The lowest BCUT2D eigenvalue weighted by atomic mass is 9.91. The van der Waals surface area contributed by atoms with Crippen LogP contribution in [0.2, 0.25) is 0 Å². The van der Waals surface area contributed by atoms with Crippen molar-refractivity contribution in [2.24, 2.45) is 0 Å². The number of aromatic hydroxyl groups is 1. The SMILES string of the molecule is Oc1cccc(-c2cnc3[nH]cc(C4CCCNC4)c3c2)c1. The molecule has 3 heterocycles. The van der Waals surface area contributed by atoms with Crippen LogP contribution in [0, 0.1) is 0 Å². The molecule has 112 valence electrons. The number of phenols is 1. The summed E-state index contributed by atoms with van der Waals surface area (Å²) in [5.74, 6) is 0.826. The molecule has 22 heavy (non-hydrogen) atoms. The number of H-pyrrole nitrogens is 1. The van der Waals surface area contributed by atoms with Gasteiger partial charge in [-0.1, -0.05) is 12.1 Å². The number of nitrogens with zero attached hydrogens (tertiary/aromatic N) is 1. The lowest BCUT2D eigenvalue weighted by Gasteiger charge is -2.22. The van der Waals surface area contributed by atoms with E-state index in [1.807, 2.05) is 18.3 Å². The van der Waals surface area contributed by atoms with Crippen molar-refractivity contribution >= 4 is 11.0 Å². The molecule has 1 unspecified atom stereocenters. The summed E-state index contributed by atoms with van der Waals surface area (Å²) in [6, 6.07) is 9.49. The van der Waals surface area contributed by atoms with E-state index in [4.69, 9.17) is 0 Å². The Morgan fingerprint density at radius 1 is 1.18 bits per heavy atom. The number of hydrogen-bond acceptors (Lipinski definition) is 3. The van der Waals surface area contributed by atoms with Crippen molar-refractivity contribution in [3.8, 4) is 16.9 Å². The number of piperidine rings is 1. The lowest BCUT2D eigenvalue weighted by Crippen LogP contribution is -2.28. The molecule has 1 aliphatic rings. The molecule has 1 atom stereocenters. The van der Waals surface area contributed by atoms with Crippen molar-refractivity contribution in [2.45, 2.75) is 18.8 Å². The van der Waals surface area contributed by atoms with Crippen LogP contribution >= 0.6 is 0 Å². The van der Waals surface area contributed by atoms with Gasteiger partial charge in [0.2, 0.25) is 0 Å². The van der Waals surface area contributed by atoms with Gasteiger partial charge in [0.05, 0.1) is 0 Å². The molecule has 3 aromatic rings. The van der Waals surface area contributed by atoms with Crippen molar-refractivity contribution in [3.05, 3.63) is 48.3 Å². The van der Waals surface area contributed by atoms with E-state index in [9.17, 15) is 5.11 Å². The Hall–Kier alpha value is -2.33. The zero-order valence-electron chi connectivity index (χ0n) is 12.3. The molecule has 0 amide bonds. The van der Waals surface area contributed by atoms with Crippen LogP contribution in [-0.2, 0) is 0 Å². The van der Waals surface area contributed by atoms with Gasteiger partial charge in [-0.05, 0) is 54.6 Å². The van der Waals surface area contributed by atoms with E-state index in [-0.39, 0.29) is 5.75 Å². The number of hydrogen-bond donors (Lipinski definition) is 3. The number of fused-ring (bicyclic) bond motifs is 1. The number of rotatable bonds is 2. The van der Waals surface area contributed by atoms with E-state index in [1.54, 1.807) is 12.1 Å². The molecule has 4 nitrogen and oxygen atoms in total. The molecular weight excluding hydrogens is 274 g/mol. The second kappa shape index (κ2) is 5.46. The first-order chi connectivity index (χ1) is 10.8. The van der Waals surface area contributed by atoms with E-state index in [1.165, 1.54) is 23.8 Å². The normalized spacial score (nSPS) is 18.6. The van der Waals surface area contributed by atoms with Gasteiger partial charge in [0, 0.05) is 29.9 Å². The summed E-state index contributed by atoms with van der Waals surface area (Å²) in [5.41, 5.74) is 4.30. The number of nitrogens with one attached hydrogen (secondary N) is 2. The first kappa shape index (κ1) is 13.3. The second-order valence-electron chi connectivity index (χ2n) is 5.96. The Morgan fingerprint density at radius 3 is 2.95 bits per heavy atom. The summed E-state index contributed by atoms with van der Waals surface area (Å²) in [6.45, 7) is 2.15. The van der Waals surface area contributed by atoms with Gasteiger partial charge in [0.25, 0.3) is 0 Å². The third-order valence-electron chi connectivity index (χ3n) is 4.48. The molecular formula is C18H19N3O. The Balaban J connectivity index is 1.79. The predicted octanol–water partition coefficient (Wildman–Crippen LogP) is 3.40. The molecule has 0 radical (unpaired) electrons. The van der Waals surface area contributed by atoms with Gasteiger partial charge in [0.15, 0.2) is 0 Å². The number of benzene rings is 1. The van der Waals surface area contributed by atoms with Gasteiger partial charge in [0.1, 0.15) is 11.4 Å². The third kappa shape index (κ3) is 2.35. The Bertz CT molecular complexity index is 803. The molecule has 0 aliphatic carbocycles. The van der Waals surface area contributed by atoms with Gasteiger partial charge in [-0.3, -0.25) is 0 Å². The molecule has 1 aliphatic heterocycles. The fourth-order valence-electron chi connectivity index (χ4n) is 3.32. The summed E-state index contributed by atoms with van der Waals surface area (Å²) in [6.07, 6.45) is 6.39. The van der Waals surface area contributed by atoms with Gasteiger partial charge >= 0.3 is 0 Å². The summed E-state index contributed by atoms with van der Waals surface area (Å²) in [5, 5.41) is 14.3. The maximum atomic E-state index is 9.67. The van der Waals surface area contributed by atoms with Crippen molar-refractivity contribution in [1.82, 2.24) is 15.3 Å². The fourth-order valence-corrected chi connectivity index (χ4v) is 3.32. The van der Waals surface area contributed by atoms with E-state index >= 15 is 0 Å². The Morgan fingerprint density at radius 2 is 2.14 bits per heavy atom. The first-order valence-corrected chi connectivity index (χ1v) is 7.78. The summed E-state index contributed by atoms with van der Waals surface area (Å²) >= 11 is 0.